The van der Waals surface area contributed by atoms with Gasteiger partial charge in [0.15, 0.2) is 5.52 Å². The number of carbonyl (C=O) groups excluding carboxylic acids is 1. The summed E-state index contributed by atoms with van der Waals surface area (Å²) in [6.45, 7) is 0. The Bertz CT molecular complexity index is 809. The molecule has 114 valence electrons. The average Bonchev–Trinajstić information content (AvgIpc) is 2.56. The van der Waals surface area contributed by atoms with Gasteiger partial charge in [-0.3, -0.25) is 4.79 Å². The van der Waals surface area contributed by atoms with Crippen molar-refractivity contribution in [1.82, 2.24) is 0 Å². The van der Waals surface area contributed by atoms with E-state index in [0.717, 1.165) is 16.4 Å². The third kappa shape index (κ3) is 3.82. The molecule has 0 amide bonds. The number of hydrogen-bond acceptors (Lipinski definition) is 1. The van der Waals surface area contributed by atoms with Crippen molar-refractivity contribution in [3.8, 4) is 11.1 Å². The van der Waals surface area contributed by atoms with E-state index >= 15 is 0 Å². The fourth-order valence-electron chi connectivity index (χ4n) is 2.28. The van der Waals surface area contributed by atoms with Crippen molar-refractivity contribution >= 4 is 42.6 Å². The quantitative estimate of drug-likeness (QED) is 0.538. The molecule has 0 aliphatic heterocycles. The summed E-state index contributed by atoms with van der Waals surface area (Å²) in [6.07, 6.45) is 0. The number of rotatable bonds is 4. The molecular formula is C19H13Cl2OP. The molecule has 0 heterocycles. The van der Waals surface area contributed by atoms with Gasteiger partial charge >= 0.3 is 0 Å². The van der Waals surface area contributed by atoms with E-state index in [4.69, 9.17) is 23.2 Å². The molecule has 0 fully saturated rings. The highest BCUT2D eigenvalue weighted by Crippen LogP contribution is 2.30. The van der Waals surface area contributed by atoms with E-state index in [2.05, 4.69) is 12.1 Å². The molecule has 1 unspecified atom stereocenters. The van der Waals surface area contributed by atoms with Crippen molar-refractivity contribution < 1.29 is 4.79 Å². The minimum absolute atomic E-state index is 0.00529. The molecule has 4 heteroatoms. The van der Waals surface area contributed by atoms with Gasteiger partial charge in [0, 0.05) is 0 Å². The second-order valence-corrected chi connectivity index (χ2v) is 7.09. The largest absolute Gasteiger partial charge is 0.289 e. The van der Waals surface area contributed by atoms with Crippen LogP contribution in [0.3, 0.4) is 0 Å². The lowest BCUT2D eigenvalue weighted by molar-refractivity contribution is 0.108. The Morgan fingerprint density at radius 2 is 1.26 bits per heavy atom. The summed E-state index contributed by atoms with van der Waals surface area (Å²) in [5, 5.41) is 1.76. The van der Waals surface area contributed by atoms with Gasteiger partial charge < -0.3 is 0 Å². The van der Waals surface area contributed by atoms with Crippen molar-refractivity contribution in [2.45, 2.75) is 0 Å². The van der Waals surface area contributed by atoms with E-state index in [0.29, 0.717) is 15.6 Å². The molecule has 0 aliphatic rings. The topological polar surface area (TPSA) is 17.1 Å². The Morgan fingerprint density at radius 3 is 1.87 bits per heavy atom. The molecule has 0 saturated heterocycles. The molecule has 3 aromatic carbocycles. The smallest absolute Gasteiger partial charge is 0.188 e. The minimum atomic E-state index is -0.0481. The van der Waals surface area contributed by atoms with Crippen molar-refractivity contribution in [3.63, 3.8) is 0 Å². The molecule has 0 saturated carbocycles. The second-order valence-electron chi connectivity index (χ2n) is 4.99. The van der Waals surface area contributed by atoms with Crippen LogP contribution in [0, 0.1) is 0 Å². The van der Waals surface area contributed by atoms with Gasteiger partial charge in [0.1, 0.15) is 0 Å². The zero-order chi connectivity index (χ0) is 16.2. The van der Waals surface area contributed by atoms with Gasteiger partial charge in [-0.05, 0) is 37.1 Å². The van der Waals surface area contributed by atoms with Crippen molar-refractivity contribution in [1.29, 1.82) is 0 Å². The van der Waals surface area contributed by atoms with Crippen LogP contribution in [0.2, 0.25) is 10.0 Å². The maximum Gasteiger partial charge on any atom is 0.188 e. The van der Waals surface area contributed by atoms with Crippen LogP contribution in [0.15, 0.2) is 72.8 Å². The molecule has 1 atom stereocenters. The number of benzene rings is 3. The van der Waals surface area contributed by atoms with E-state index in [-0.39, 0.29) is 14.1 Å². The van der Waals surface area contributed by atoms with Crippen LogP contribution in [0.1, 0.15) is 10.4 Å². The standard InChI is InChI=1S/C19H13Cl2OP/c20-16-7-4-8-17(21)18(16)19(22)23-15-11-9-14(10-12-15)13-5-2-1-3-6-13/h1-12,23H. The van der Waals surface area contributed by atoms with Crippen LogP contribution in [-0.4, -0.2) is 5.52 Å². The lowest BCUT2D eigenvalue weighted by Crippen LogP contribution is -2.02. The van der Waals surface area contributed by atoms with Crippen LogP contribution < -0.4 is 5.30 Å². The van der Waals surface area contributed by atoms with Crippen LogP contribution in [0.25, 0.3) is 11.1 Å². The first-order valence-electron chi connectivity index (χ1n) is 7.06. The normalized spacial score (nSPS) is 11.0. The molecular weight excluding hydrogens is 346 g/mol. The molecule has 0 N–H and O–H groups in total. The summed E-state index contributed by atoms with van der Waals surface area (Å²) >= 11 is 12.2. The second kappa shape index (κ2) is 7.27. The summed E-state index contributed by atoms with van der Waals surface area (Å²) in [5.41, 5.74) is 2.64. The van der Waals surface area contributed by atoms with Gasteiger partial charge in [0.25, 0.3) is 0 Å². The summed E-state index contributed by atoms with van der Waals surface area (Å²) in [6, 6.07) is 23.2. The summed E-state index contributed by atoms with van der Waals surface area (Å²) in [5.74, 6) is 0. The van der Waals surface area contributed by atoms with Gasteiger partial charge in [-0.2, -0.15) is 0 Å². The molecule has 0 aliphatic carbocycles. The zero-order valence-corrected chi connectivity index (χ0v) is 14.6. The predicted molar refractivity (Wildman–Crippen MR) is 101 cm³/mol. The summed E-state index contributed by atoms with van der Waals surface area (Å²) in [4.78, 5) is 12.5. The molecule has 3 aromatic rings. The maximum atomic E-state index is 12.5. The molecule has 1 nitrogen and oxygen atoms in total. The average molecular weight is 359 g/mol. The maximum absolute atomic E-state index is 12.5. The van der Waals surface area contributed by atoms with E-state index < -0.39 is 0 Å². The van der Waals surface area contributed by atoms with Gasteiger partial charge in [-0.25, -0.2) is 0 Å². The van der Waals surface area contributed by atoms with Crippen molar-refractivity contribution in [2.75, 3.05) is 0 Å². The number of halogens is 2. The Kier molecular flexibility index (Phi) is 5.13. The Labute approximate surface area is 147 Å². The third-order valence-corrected chi connectivity index (χ3v) is 5.17. The Balaban J connectivity index is 1.80. The molecule has 0 spiro atoms. The first-order chi connectivity index (χ1) is 11.1. The van der Waals surface area contributed by atoms with E-state index in [1.807, 2.05) is 42.5 Å². The number of carbonyl (C=O) groups is 1. The van der Waals surface area contributed by atoms with Gasteiger partial charge in [-0.1, -0.05) is 83.9 Å². The van der Waals surface area contributed by atoms with E-state index in [1.54, 1.807) is 18.2 Å². The highest BCUT2D eigenvalue weighted by atomic mass is 35.5. The summed E-state index contributed by atoms with van der Waals surface area (Å²) < 4.78 is 0. The Hall–Kier alpha value is -1.66. The summed E-state index contributed by atoms with van der Waals surface area (Å²) in [7, 11) is -0.00529. The van der Waals surface area contributed by atoms with E-state index in [1.165, 1.54) is 0 Å². The lowest BCUT2D eigenvalue weighted by Gasteiger charge is -2.07. The van der Waals surface area contributed by atoms with Crippen LogP contribution in [0.5, 0.6) is 0 Å². The fraction of sp³-hybridized carbons (Fsp3) is 0. The fourth-order valence-corrected chi connectivity index (χ4v) is 4.00. The molecule has 0 aromatic heterocycles. The van der Waals surface area contributed by atoms with Crippen LogP contribution in [0.4, 0.5) is 0 Å². The predicted octanol–water partition coefficient (Wildman–Crippen LogP) is 5.80. The van der Waals surface area contributed by atoms with Gasteiger partial charge in [0.2, 0.25) is 0 Å². The molecule has 23 heavy (non-hydrogen) atoms. The first kappa shape index (κ1) is 16.2. The van der Waals surface area contributed by atoms with Crippen molar-refractivity contribution in [2.24, 2.45) is 0 Å². The van der Waals surface area contributed by atoms with Crippen LogP contribution in [-0.2, 0) is 0 Å². The van der Waals surface area contributed by atoms with Crippen molar-refractivity contribution in [3.05, 3.63) is 88.4 Å². The number of hydrogen-bond donors (Lipinski definition) is 0. The molecule has 0 bridgehead atoms. The van der Waals surface area contributed by atoms with Gasteiger partial charge in [-0.15, -0.1) is 0 Å². The highest BCUT2D eigenvalue weighted by Gasteiger charge is 2.15. The molecule has 3 rings (SSSR count). The minimum Gasteiger partial charge on any atom is -0.289 e. The lowest BCUT2D eigenvalue weighted by atomic mass is 10.1. The Morgan fingerprint density at radius 1 is 0.696 bits per heavy atom. The molecule has 0 radical (unpaired) electrons. The van der Waals surface area contributed by atoms with Crippen LogP contribution >= 0.6 is 31.8 Å². The monoisotopic (exact) mass is 358 g/mol. The first-order valence-corrected chi connectivity index (χ1v) is 8.81. The highest BCUT2D eigenvalue weighted by molar-refractivity contribution is 7.66. The third-order valence-electron chi connectivity index (χ3n) is 3.44. The SMILES string of the molecule is O=C(Pc1ccc(-c2ccccc2)cc1)c1c(Cl)cccc1Cl. The zero-order valence-electron chi connectivity index (χ0n) is 12.1. The van der Waals surface area contributed by atoms with E-state index in [9.17, 15) is 4.79 Å². The van der Waals surface area contributed by atoms with Gasteiger partial charge in [0.05, 0.1) is 15.6 Å².